The zero-order chi connectivity index (χ0) is 17.4. The summed E-state index contributed by atoms with van der Waals surface area (Å²) in [5.74, 6) is 1.06. The second-order valence-corrected chi connectivity index (χ2v) is 7.09. The molecule has 2 aliphatic carbocycles. The van der Waals surface area contributed by atoms with E-state index in [1.165, 1.54) is 17.4 Å². The van der Waals surface area contributed by atoms with Gasteiger partial charge in [-0.3, -0.25) is 14.2 Å². The Morgan fingerprint density at radius 3 is 2.64 bits per heavy atom. The van der Waals surface area contributed by atoms with Crippen LogP contribution in [0.5, 0.6) is 0 Å². The van der Waals surface area contributed by atoms with E-state index in [0.29, 0.717) is 29.2 Å². The fourth-order valence-corrected chi connectivity index (χ4v) is 4.24. The molecule has 2 aliphatic rings. The molecule has 6 nitrogen and oxygen atoms in total. The van der Waals surface area contributed by atoms with Crippen molar-refractivity contribution in [3.8, 4) is 0 Å². The number of carbonyl (C=O) groups is 1. The summed E-state index contributed by atoms with van der Waals surface area (Å²) in [6.45, 7) is 0.483. The van der Waals surface area contributed by atoms with Crippen molar-refractivity contribution in [3.05, 3.63) is 45.1 Å². The van der Waals surface area contributed by atoms with E-state index in [9.17, 15) is 14.4 Å². The second kappa shape index (κ2) is 6.50. The number of aromatic nitrogens is 2. The predicted molar refractivity (Wildman–Crippen MR) is 93.3 cm³/mol. The van der Waals surface area contributed by atoms with Crippen LogP contribution in [-0.4, -0.2) is 22.1 Å². The highest BCUT2D eigenvalue weighted by atomic mass is 16.5. The first-order chi connectivity index (χ1) is 12.2. The number of rotatable bonds is 5. The van der Waals surface area contributed by atoms with Gasteiger partial charge in [0.2, 0.25) is 0 Å². The Balaban J connectivity index is 1.35. The lowest BCUT2D eigenvalue weighted by atomic mass is 10.0. The lowest BCUT2D eigenvalue weighted by Gasteiger charge is -2.07. The molecule has 1 N–H and O–H groups in total. The van der Waals surface area contributed by atoms with Crippen molar-refractivity contribution >= 4 is 16.9 Å². The SMILES string of the molecule is O=C(OCCCn1c(=O)[nH]c2ccccc2c1=O)C1C2CCCCC21. The van der Waals surface area contributed by atoms with Crippen molar-refractivity contribution in [2.75, 3.05) is 6.61 Å². The summed E-state index contributed by atoms with van der Waals surface area (Å²) in [5.41, 5.74) is -0.196. The van der Waals surface area contributed by atoms with Crippen LogP contribution in [0.15, 0.2) is 33.9 Å². The molecule has 2 saturated carbocycles. The van der Waals surface area contributed by atoms with E-state index in [-0.39, 0.29) is 30.6 Å². The van der Waals surface area contributed by atoms with E-state index in [2.05, 4.69) is 4.98 Å². The van der Waals surface area contributed by atoms with Crippen molar-refractivity contribution < 1.29 is 9.53 Å². The van der Waals surface area contributed by atoms with Crippen LogP contribution >= 0.6 is 0 Å². The molecular weight excluding hydrogens is 320 g/mol. The molecule has 132 valence electrons. The van der Waals surface area contributed by atoms with Crippen molar-refractivity contribution in [3.63, 3.8) is 0 Å². The Kier molecular flexibility index (Phi) is 4.19. The van der Waals surface area contributed by atoms with Gasteiger partial charge in [0.05, 0.1) is 23.4 Å². The molecule has 2 unspecified atom stereocenters. The van der Waals surface area contributed by atoms with Crippen molar-refractivity contribution in [2.45, 2.75) is 38.6 Å². The van der Waals surface area contributed by atoms with Gasteiger partial charge in [0, 0.05) is 6.54 Å². The maximum Gasteiger partial charge on any atom is 0.328 e. The van der Waals surface area contributed by atoms with Gasteiger partial charge < -0.3 is 9.72 Å². The van der Waals surface area contributed by atoms with Gasteiger partial charge in [-0.2, -0.15) is 0 Å². The van der Waals surface area contributed by atoms with Crippen LogP contribution in [0.25, 0.3) is 10.9 Å². The minimum atomic E-state index is -0.428. The van der Waals surface area contributed by atoms with Crippen LogP contribution in [0.4, 0.5) is 0 Å². The Bertz CT molecular complexity index is 902. The molecular formula is C19H22N2O4. The van der Waals surface area contributed by atoms with Gasteiger partial charge in [0.15, 0.2) is 0 Å². The number of fused-ring (bicyclic) bond motifs is 2. The number of nitrogens with one attached hydrogen (secondary N) is 1. The first-order valence-electron chi connectivity index (χ1n) is 9.05. The van der Waals surface area contributed by atoms with Crippen LogP contribution in [0.2, 0.25) is 0 Å². The fraction of sp³-hybridized carbons (Fsp3) is 0.526. The number of hydrogen-bond acceptors (Lipinski definition) is 4. The highest BCUT2D eigenvalue weighted by molar-refractivity contribution is 5.77. The molecule has 1 aromatic carbocycles. The zero-order valence-corrected chi connectivity index (χ0v) is 14.1. The Labute approximate surface area is 144 Å². The maximum absolute atomic E-state index is 12.4. The normalized spacial score (nSPS) is 24.7. The van der Waals surface area contributed by atoms with Gasteiger partial charge in [-0.05, 0) is 43.2 Å². The summed E-state index contributed by atoms with van der Waals surface area (Å²) < 4.78 is 6.55. The lowest BCUT2D eigenvalue weighted by Crippen LogP contribution is -2.35. The Hall–Kier alpha value is -2.37. The van der Waals surface area contributed by atoms with E-state index in [1.807, 2.05) is 0 Å². The summed E-state index contributed by atoms with van der Waals surface area (Å²) in [6, 6.07) is 6.94. The summed E-state index contributed by atoms with van der Waals surface area (Å²) in [6.07, 6.45) is 5.19. The Morgan fingerprint density at radius 1 is 1.16 bits per heavy atom. The summed E-state index contributed by atoms with van der Waals surface area (Å²) in [4.78, 5) is 39.3. The smallest absolute Gasteiger partial charge is 0.328 e. The molecule has 0 bridgehead atoms. The number of esters is 1. The summed E-state index contributed by atoms with van der Waals surface area (Å²) in [5, 5.41) is 0.487. The first-order valence-corrected chi connectivity index (χ1v) is 9.05. The molecule has 2 fully saturated rings. The molecule has 2 atom stereocenters. The average Bonchev–Trinajstić information content (AvgIpc) is 3.35. The molecule has 4 rings (SSSR count). The number of aromatic amines is 1. The fourth-order valence-electron chi connectivity index (χ4n) is 4.24. The second-order valence-electron chi connectivity index (χ2n) is 7.09. The van der Waals surface area contributed by atoms with Crippen LogP contribution < -0.4 is 11.2 Å². The van der Waals surface area contributed by atoms with E-state index in [1.54, 1.807) is 24.3 Å². The van der Waals surface area contributed by atoms with Crippen LogP contribution in [-0.2, 0) is 16.1 Å². The molecule has 0 saturated heterocycles. The third-order valence-corrected chi connectivity index (χ3v) is 5.59. The number of para-hydroxylation sites is 1. The standard InChI is InChI=1S/C19H22N2O4/c22-17-14-8-3-4-9-15(14)20-19(24)21(17)10-5-11-25-18(23)16-12-6-1-2-7-13(12)16/h3-4,8-9,12-13,16H,1-2,5-7,10-11H2,(H,20,24). The number of carbonyl (C=O) groups excluding carboxylic acids is 1. The molecule has 2 aromatic rings. The zero-order valence-electron chi connectivity index (χ0n) is 14.1. The monoisotopic (exact) mass is 342 g/mol. The van der Waals surface area contributed by atoms with E-state index in [0.717, 1.165) is 12.8 Å². The van der Waals surface area contributed by atoms with Gasteiger partial charge >= 0.3 is 11.7 Å². The third-order valence-electron chi connectivity index (χ3n) is 5.59. The number of nitrogens with zero attached hydrogens (tertiary/aromatic N) is 1. The minimum absolute atomic E-state index is 0.0919. The highest BCUT2D eigenvalue weighted by Gasteiger charge is 2.55. The molecule has 25 heavy (non-hydrogen) atoms. The molecule has 0 amide bonds. The van der Waals surface area contributed by atoms with Gasteiger partial charge in [-0.15, -0.1) is 0 Å². The van der Waals surface area contributed by atoms with Gasteiger partial charge in [0.1, 0.15) is 0 Å². The number of benzene rings is 1. The maximum atomic E-state index is 12.4. The first kappa shape index (κ1) is 16.1. The van der Waals surface area contributed by atoms with Crippen LogP contribution in [0.1, 0.15) is 32.1 Å². The van der Waals surface area contributed by atoms with Crippen molar-refractivity contribution in [1.29, 1.82) is 0 Å². The number of ether oxygens (including phenoxy) is 1. The van der Waals surface area contributed by atoms with Crippen molar-refractivity contribution in [2.24, 2.45) is 17.8 Å². The van der Waals surface area contributed by atoms with E-state index in [4.69, 9.17) is 4.74 Å². The quantitative estimate of drug-likeness (QED) is 0.666. The Morgan fingerprint density at radius 2 is 1.88 bits per heavy atom. The molecule has 0 aliphatic heterocycles. The molecule has 1 heterocycles. The largest absolute Gasteiger partial charge is 0.465 e. The topological polar surface area (TPSA) is 81.2 Å². The number of hydrogen-bond donors (Lipinski definition) is 1. The molecule has 1 aromatic heterocycles. The molecule has 0 spiro atoms. The molecule has 6 heteroatoms. The molecule has 0 radical (unpaired) electrons. The summed E-state index contributed by atoms with van der Waals surface area (Å²) >= 11 is 0. The highest BCUT2D eigenvalue weighted by Crippen LogP contribution is 2.55. The predicted octanol–water partition coefficient (Wildman–Crippen LogP) is 2.06. The van der Waals surface area contributed by atoms with Crippen molar-refractivity contribution in [1.82, 2.24) is 9.55 Å². The average molecular weight is 342 g/mol. The summed E-state index contributed by atoms with van der Waals surface area (Å²) in [7, 11) is 0. The van der Waals surface area contributed by atoms with Crippen LogP contribution in [0.3, 0.4) is 0 Å². The van der Waals surface area contributed by atoms with Crippen LogP contribution in [0, 0.1) is 17.8 Å². The van der Waals surface area contributed by atoms with Gasteiger partial charge in [-0.1, -0.05) is 25.0 Å². The van der Waals surface area contributed by atoms with E-state index < -0.39 is 5.69 Å². The lowest BCUT2D eigenvalue weighted by molar-refractivity contribution is -0.146. The van der Waals surface area contributed by atoms with E-state index >= 15 is 0 Å². The minimum Gasteiger partial charge on any atom is -0.465 e. The van der Waals surface area contributed by atoms with Gasteiger partial charge in [-0.25, -0.2) is 4.79 Å². The third kappa shape index (κ3) is 3.01. The van der Waals surface area contributed by atoms with Gasteiger partial charge in [0.25, 0.3) is 5.56 Å². The number of H-pyrrole nitrogens is 1.